The molecule has 3 rings (SSSR count). The van der Waals surface area contributed by atoms with Gasteiger partial charge in [-0.3, -0.25) is 9.59 Å². The van der Waals surface area contributed by atoms with E-state index >= 15 is 0 Å². The van der Waals surface area contributed by atoms with Crippen LogP contribution in [0.25, 0.3) is 0 Å². The van der Waals surface area contributed by atoms with Crippen molar-refractivity contribution in [1.29, 1.82) is 0 Å². The lowest BCUT2D eigenvalue weighted by Crippen LogP contribution is -2.44. The second-order valence-electron chi connectivity index (χ2n) is 6.59. The minimum absolute atomic E-state index is 0.0305. The van der Waals surface area contributed by atoms with E-state index < -0.39 is 0 Å². The molecule has 2 amide bonds. The molecule has 8 nitrogen and oxygen atoms in total. The molecule has 3 heterocycles. The maximum atomic E-state index is 12.4. The second-order valence-corrected chi connectivity index (χ2v) is 6.59. The van der Waals surface area contributed by atoms with Crippen LogP contribution in [0.15, 0.2) is 36.7 Å². The van der Waals surface area contributed by atoms with Crippen molar-refractivity contribution in [3.8, 4) is 0 Å². The number of nitrogens with zero attached hydrogens (tertiary/aromatic N) is 4. The van der Waals surface area contributed by atoms with Crippen molar-refractivity contribution in [2.24, 2.45) is 5.92 Å². The minimum Gasteiger partial charge on any atom is -0.355 e. The summed E-state index contributed by atoms with van der Waals surface area (Å²) in [7, 11) is 0. The highest BCUT2D eigenvalue weighted by atomic mass is 16.2. The summed E-state index contributed by atoms with van der Waals surface area (Å²) >= 11 is 0. The first-order valence-corrected chi connectivity index (χ1v) is 9.15. The van der Waals surface area contributed by atoms with Crippen LogP contribution in [0.5, 0.6) is 0 Å². The Morgan fingerprint density at radius 3 is 2.81 bits per heavy atom. The Bertz CT molecular complexity index is 783. The van der Waals surface area contributed by atoms with Gasteiger partial charge in [0.15, 0.2) is 0 Å². The number of anilines is 2. The van der Waals surface area contributed by atoms with Crippen LogP contribution in [0.4, 0.5) is 11.8 Å². The number of carbonyl (C=O) groups excluding carboxylic acids is 2. The summed E-state index contributed by atoms with van der Waals surface area (Å²) in [5.74, 6) is 0.856. The number of rotatable bonds is 6. The lowest BCUT2D eigenvalue weighted by atomic mass is 9.97. The molecule has 27 heavy (non-hydrogen) atoms. The van der Waals surface area contributed by atoms with Crippen molar-refractivity contribution < 1.29 is 9.59 Å². The van der Waals surface area contributed by atoms with Crippen molar-refractivity contribution in [2.45, 2.75) is 26.2 Å². The largest absolute Gasteiger partial charge is 0.355 e. The summed E-state index contributed by atoms with van der Waals surface area (Å²) in [5, 5.41) is 5.60. The predicted molar refractivity (Wildman–Crippen MR) is 102 cm³/mol. The lowest BCUT2D eigenvalue weighted by Gasteiger charge is -2.31. The first kappa shape index (κ1) is 18.8. The molecule has 0 radical (unpaired) electrons. The van der Waals surface area contributed by atoms with E-state index in [0.29, 0.717) is 24.9 Å². The van der Waals surface area contributed by atoms with Crippen LogP contribution in [0.3, 0.4) is 0 Å². The van der Waals surface area contributed by atoms with Gasteiger partial charge in [-0.05, 0) is 38.0 Å². The highest BCUT2D eigenvalue weighted by Crippen LogP contribution is 2.20. The van der Waals surface area contributed by atoms with Crippen molar-refractivity contribution in [3.63, 3.8) is 0 Å². The third-order valence-electron chi connectivity index (χ3n) is 4.43. The molecule has 1 aliphatic rings. The number of amides is 2. The molecule has 142 valence electrons. The van der Waals surface area contributed by atoms with Gasteiger partial charge in [-0.1, -0.05) is 6.07 Å². The summed E-state index contributed by atoms with van der Waals surface area (Å²) in [5.41, 5.74) is 0.838. The van der Waals surface area contributed by atoms with Crippen LogP contribution in [0.1, 0.15) is 25.0 Å². The number of pyridine rings is 1. The first-order chi connectivity index (χ1) is 13.1. The molecule has 0 bridgehead atoms. The fourth-order valence-electron chi connectivity index (χ4n) is 3.09. The molecule has 0 aromatic carbocycles. The van der Waals surface area contributed by atoms with Gasteiger partial charge in [-0.25, -0.2) is 15.0 Å². The fourth-order valence-corrected chi connectivity index (χ4v) is 3.09. The Hall–Kier alpha value is -3.03. The van der Waals surface area contributed by atoms with Gasteiger partial charge in [-0.15, -0.1) is 0 Å². The SMILES string of the molecule is Cc1cccc(NC(=O)CCNC(=O)[C@@H]2CCCN(c3ncccn3)C2)n1. The summed E-state index contributed by atoms with van der Waals surface area (Å²) in [6.45, 7) is 3.60. The molecular formula is C19H24N6O2. The molecule has 0 spiro atoms. The van der Waals surface area contributed by atoms with Gasteiger partial charge in [0, 0.05) is 44.1 Å². The Morgan fingerprint density at radius 1 is 1.22 bits per heavy atom. The van der Waals surface area contributed by atoms with Crippen molar-refractivity contribution in [2.75, 3.05) is 29.9 Å². The van der Waals surface area contributed by atoms with Crippen LogP contribution < -0.4 is 15.5 Å². The zero-order chi connectivity index (χ0) is 19.1. The second kappa shape index (κ2) is 9.07. The smallest absolute Gasteiger partial charge is 0.227 e. The van der Waals surface area contributed by atoms with Crippen molar-refractivity contribution in [3.05, 3.63) is 42.4 Å². The maximum absolute atomic E-state index is 12.4. The van der Waals surface area contributed by atoms with E-state index in [1.165, 1.54) is 0 Å². The summed E-state index contributed by atoms with van der Waals surface area (Å²) in [6.07, 6.45) is 5.35. The quantitative estimate of drug-likeness (QED) is 0.802. The van der Waals surface area contributed by atoms with E-state index in [1.54, 1.807) is 24.5 Å². The normalized spacial score (nSPS) is 16.6. The van der Waals surface area contributed by atoms with Gasteiger partial charge >= 0.3 is 0 Å². The van der Waals surface area contributed by atoms with Gasteiger partial charge in [0.25, 0.3) is 0 Å². The predicted octanol–water partition coefficient (Wildman–Crippen LogP) is 1.54. The molecule has 2 aromatic rings. The van der Waals surface area contributed by atoms with Crippen molar-refractivity contribution >= 4 is 23.6 Å². The third-order valence-corrected chi connectivity index (χ3v) is 4.43. The van der Waals surface area contributed by atoms with E-state index in [9.17, 15) is 9.59 Å². The number of piperidine rings is 1. The Labute approximate surface area is 158 Å². The molecule has 1 saturated heterocycles. The highest BCUT2D eigenvalue weighted by molar-refractivity contribution is 5.90. The van der Waals surface area contributed by atoms with Gasteiger partial charge in [0.05, 0.1) is 5.92 Å². The van der Waals surface area contributed by atoms with Crippen LogP contribution in [-0.2, 0) is 9.59 Å². The van der Waals surface area contributed by atoms with E-state index in [4.69, 9.17) is 0 Å². The Balaban J connectivity index is 1.43. The van der Waals surface area contributed by atoms with Gasteiger partial charge in [0.2, 0.25) is 17.8 Å². The Kier molecular flexibility index (Phi) is 6.30. The Morgan fingerprint density at radius 2 is 2.04 bits per heavy atom. The monoisotopic (exact) mass is 368 g/mol. The number of hydrogen-bond acceptors (Lipinski definition) is 6. The summed E-state index contributed by atoms with van der Waals surface area (Å²) in [6, 6.07) is 7.22. The van der Waals surface area contributed by atoms with Crippen LogP contribution in [-0.4, -0.2) is 46.4 Å². The first-order valence-electron chi connectivity index (χ1n) is 9.15. The molecule has 0 unspecified atom stereocenters. The number of aromatic nitrogens is 3. The zero-order valence-corrected chi connectivity index (χ0v) is 15.4. The molecule has 2 aromatic heterocycles. The molecule has 2 N–H and O–H groups in total. The molecule has 0 aliphatic carbocycles. The lowest BCUT2D eigenvalue weighted by molar-refractivity contribution is -0.125. The summed E-state index contributed by atoms with van der Waals surface area (Å²) in [4.78, 5) is 39.2. The third kappa shape index (κ3) is 5.47. The number of aryl methyl sites for hydroxylation is 1. The van der Waals surface area contributed by atoms with E-state index in [0.717, 1.165) is 25.1 Å². The average molecular weight is 368 g/mol. The number of nitrogens with one attached hydrogen (secondary N) is 2. The maximum Gasteiger partial charge on any atom is 0.227 e. The van der Waals surface area contributed by atoms with Gasteiger partial charge in [0.1, 0.15) is 5.82 Å². The van der Waals surface area contributed by atoms with Gasteiger partial charge in [-0.2, -0.15) is 0 Å². The van der Waals surface area contributed by atoms with E-state index in [2.05, 4.69) is 25.6 Å². The molecular weight excluding hydrogens is 344 g/mol. The highest BCUT2D eigenvalue weighted by Gasteiger charge is 2.26. The average Bonchev–Trinajstić information content (AvgIpc) is 2.68. The molecule has 8 heteroatoms. The van der Waals surface area contributed by atoms with Crippen LogP contribution in [0, 0.1) is 12.8 Å². The minimum atomic E-state index is -0.170. The number of hydrogen-bond donors (Lipinski definition) is 2. The van der Waals surface area contributed by atoms with Crippen molar-refractivity contribution in [1.82, 2.24) is 20.3 Å². The molecule has 1 fully saturated rings. The standard InChI is InChI=1S/C19H24N6O2/c1-14-5-2-7-16(23-14)24-17(26)8-11-20-18(27)15-6-3-12-25(13-15)19-21-9-4-10-22-19/h2,4-5,7,9-10,15H,3,6,8,11-13H2,1H3,(H,20,27)(H,23,24,26)/t15-/m1/s1. The summed E-state index contributed by atoms with van der Waals surface area (Å²) < 4.78 is 0. The topological polar surface area (TPSA) is 100 Å². The molecule has 1 aliphatic heterocycles. The van der Waals surface area contributed by atoms with E-state index in [1.807, 2.05) is 24.0 Å². The number of carbonyl (C=O) groups is 2. The van der Waals surface area contributed by atoms with Crippen LogP contribution in [0.2, 0.25) is 0 Å². The molecule has 1 atom stereocenters. The van der Waals surface area contributed by atoms with Gasteiger partial charge < -0.3 is 15.5 Å². The zero-order valence-electron chi connectivity index (χ0n) is 15.4. The fraction of sp³-hybridized carbons (Fsp3) is 0.421. The van der Waals surface area contributed by atoms with Crippen LogP contribution >= 0.6 is 0 Å². The molecule has 0 saturated carbocycles. The van der Waals surface area contributed by atoms with E-state index in [-0.39, 0.29) is 24.2 Å².